The molecule has 0 aromatic heterocycles. The molecular weight excluding hydrogens is 324 g/mol. The van der Waals surface area contributed by atoms with Crippen LogP contribution in [0, 0.1) is 0 Å². The quantitative estimate of drug-likeness (QED) is 0.772. The highest BCUT2D eigenvalue weighted by atomic mass is 16.5. The third-order valence-corrected chi connectivity index (χ3v) is 3.52. The van der Waals surface area contributed by atoms with Crippen LogP contribution in [-0.2, 0) is 4.74 Å². The van der Waals surface area contributed by atoms with Crippen molar-refractivity contribution in [3.8, 4) is 22.6 Å². The lowest BCUT2D eigenvalue weighted by atomic mass is 10.00. The molecule has 1 N–H and O–H groups in total. The highest BCUT2D eigenvalue weighted by Gasteiger charge is 2.17. The molecule has 132 valence electrons. The van der Waals surface area contributed by atoms with Crippen molar-refractivity contribution >= 4 is 11.9 Å². The third-order valence-electron chi connectivity index (χ3n) is 3.52. The Hall–Kier alpha value is -3.02. The van der Waals surface area contributed by atoms with E-state index in [-0.39, 0.29) is 5.56 Å². The molecule has 0 heterocycles. The van der Waals surface area contributed by atoms with Gasteiger partial charge in [0.2, 0.25) is 0 Å². The Morgan fingerprint density at radius 3 is 1.80 bits per heavy atom. The molecule has 0 amide bonds. The highest BCUT2D eigenvalue weighted by Crippen LogP contribution is 2.38. The fourth-order valence-electron chi connectivity index (χ4n) is 2.42. The van der Waals surface area contributed by atoms with Gasteiger partial charge in [0, 0.05) is 11.1 Å². The van der Waals surface area contributed by atoms with E-state index in [9.17, 15) is 14.7 Å². The second-order valence-corrected chi connectivity index (χ2v) is 5.08. The highest BCUT2D eigenvalue weighted by molar-refractivity contribution is 5.93. The SMILES string of the molecule is CCOc1cc(C(=O)O)ccc1-c1ccc(C(=O)OC)cc1OCC. The Kier molecular flexibility index (Phi) is 6.00. The maximum absolute atomic E-state index is 11.7. The summed E-state index contributed by atoms with van der Waals surface area (Å²) in [7, 11) is 1.31. The van der Waals surface area contributed by atoms with Crippen LogP contribution in [0.2, 0.25) is 0 Å². The van der Waals surface area contributed by atoms with Crippen LogP contribution >= 0.6 is 0 Å². The van der Waals surface area contributed by atoms with E-state index in [4.69, 9.17) is 14.2 Å². The van der Waals surface area contributed by atoms with E-state index in [2.05, 4.69) is 0 Å². The van der Waals surface area contributed by atoms with Crippen LogP contribution in [0.5, 0.6) is 11.5 Å². The molecule has 0 saturated heterocycles. The standard InChI is InChI=1S/C19H20O6/c1-4-24-16-10-12(18(20)21)6-8-14(16)15-9-7-13(19(22)23-3)11-17(15)25-5-2/h6-11H,4-5H2,1-3H3,(H,20,21). The largest absolute Gasteiger partial charge is 0.493 e. The van der Waals surface area contributed by atoms with Gasteiger partial charge in [-0.25, -0.2) is 9.59 Å². The van der Waals surface area contributed by atoms with Crippen LogP contribution < -0.4 is 9.47 Å². The summed E-state index contributed by atoms with van der Waals surface area (Å²) in [5, 5.41) is 9.17. The van der Waals surface area contributed by atoms with Gasteiger partial charge in [-0.2, -0.15) is 0 Å². The van der Waals surface area contributed by atoms with Crippen molar-refractivity contribution in [1.29, 1.82) is 0 Å². The fourth-order valence-corrected chi connectivity index (χ4v) is 2.42. The smallest absolute Gasteiger partial charge is 0.337 e. The number of esters is 1. The number of hydrogen-bond acceptors (Lipinski definition) is 5. The maximum atomic E-state index is 11.7. The number of carboxylic acid groups (broad SMARTS) is 1. The minimum absolute atomic E-state index is 0.136. The van der Waals surface area contributed by atoms with Crippen LogP contribution in [0.1, 0.15) is 34.6 Å². The van der Waals surface area contributed by atoms with Gasteiger partial charge in [0.25, 0.3) is 0 Å². The Balaban J connectivity index is 2.59. The molecule has 2 rings (SSSR count). The number of hydrogen-bond donors (Lipinski definition) is 1. The first-order chi connectivity index (χ1) is 12.0. The zero-order chi connectivity index (χ0) is 18.4. The van der Waals surface area contributed by atoms with Crippen molar-refractivity contribution in [3.05, 3.63) is 47.5 Å². The first-order valence-corrected chi connectivity index (χ1v) is 7.87. The molecule has 0 saturated carbocycles. The molecule has 0 aliphatic rings. The number of carboxylic acids is 1. The van der Waals surface area contributed by atoms with E-state index in [0.29, 0.717) is 41.4 Å². The molecular formula is C19H20O6. The molecule has 6 heteroatoms. The lowest BCUT2D eigenvalue weighted by molar-refractivity contribution is 0.0599. The predicted molar refractivity (Wildman–Crippen MR) is 92.5 cm³/mol. The van der Waals surface area contributed by atoms with Gasteiger partial charge in [-0.1, -0.05) is 0 Å². The van der Waals surface area contributed by atoms with Crippen molar-refractivity contribution in [2.75, 3.05) is 20.3 Å². The minimum Gasteiger partial charge on any atom is -0.493 e. The topological polar surface area (TPSA) is 82.1 Å². The summed E-state index contributed by atoms with van der Waals surface area (Å²) < 4.78 is 16.0. The first-order valence-electron chi connectivity index (χ1n) is 7.87. The van der Waals surface area contributed by atoms with Crippen LogP contribution in [0.15, 0.2) is 36.4 Å². The van der Waals surface area contributed by atoms with Crippen molar-refractivity contribution in [1.82, 2.24) is 0 Å². The van der Waals surface area contributed by atoms with Crippen LogP contribution in [0.4, 0.5) is 0 Å². The van der Waals surface area contributed by atoms with Crippen molar-refractivity contribution in [2.45, 2.75) is 13.8 Å². The summed E-state index contributed by atoms with van der Waals surface area (Å²) in [4.78, 5) is 22.9. The molecule has 0 aliphatic carbocycles. The molecule has 6 nitrogen and oxygen atoms in total. The van der Waals surface area contributed by atoms with Gasteiger partial charge in [-0.05, 0) is 50.2 Å². The number of methoxy groups -OCH3 is 1. The van der Waals surface area contributed by atoms with Gasteiger partial charge in [0.05, 0.1) is 31.5 Å². The Morgan fingerprint density at radius 2 is 1.36 bits per heavy atom. The van der Waals surface area contributed by atoms with Crippen molar-refractivity contribution < 1.29 is 28.9 Å². The van der Waals surface area contributed by atoms with Gasteiger partial charge >= 0.3 is 11.9 Å². The number of carbonyl (C=O) groups excluding carboxylic acids is 1. The predicted octanol–water partition coefficient (Wildman–Crippen LogP) is 3.64. The molecule has 0 fully saturated rings. The van der Waals surface area contributed by atoms with E-state index >= 15 is 0 Å². The minimum atomic E-state index is -1.03. The zero-order valence-electron chi connectivity index (χ0n) is 14.4. The summed E-state index contributed by atoms with van der Waals surface area (Å²) in [5.74, 6) is -0.555. The second-order valence-electron chi connectivity index (χ2n) is 5.08. The molecule has 0 radical (unpaired) electrons. The maximum Gasteiger partial charge on any atom is 0.337 e. The zero-order valence-corrected chi connectivity index (χ0v) is 14.4. The van der Waals surface area contributed by atoms with Crippen molar-refractivity contribution in [3.63, 3.8) is 0 Å². The van der Waals surface area contributed by atoms with Crippen LogP contribution in [-0.4, -0.2) is 37.4 Å². The van der Waals surface area contributed by atoms with Gasteiger partial charge in [-0.3, -0.25) is 0 Å². The number of carbonyl (C=O) groups is 2. The van der Waals surface area contributed by atoms with Crippen LogP contribution in [0.3, 0.4) is 0 Å². The van der Waals surface area contributed by atoms with Gasteiger partial charge in [-0.15, -0.1) is 0 Å². The van der Waals surface area contributed by atoms with E-state index in [0.717, 1.165) is 0 Å². The molecule has 0 unspecified atom stereocenters. The van der Waals surface area contributed by atoms with Gasteiger partial charge in [0.15, 0.2) is 0 Å². The Labute approximate surface area is 146 Å². The summed E-state index contributed by atoms with van der Waals surface area (Å²) in [6, 6.07) is 9.62. The average Bonchev–Trinajstić information content (AvgIpc) is 2.61. The first kappa shape index (κ1) is 18.3. The third kappa shape index (κ3) is 4.09. The molecule has 2 aromatic carbocycles. The van der Waals surface area contributed by atoms with Gasteiger partial charge in [0.1, 0.15) is 11.5 Å². The van der Waals surface area contributed by atoms with E-state index in [1.165, 1.54) is 19.2 Å². The lowest BCUT2D eigenvalue weighted by Gasteiger charge is -2.15. The normalized spacial score (nSPS) is 10.2. The fraction of sp³-hybridized carbons (Fsp3) is 0.263. The van der Waals surface area contributed by atoms with E-state index in [1.54, 1.807) is 24.3 Å². The number of rotatable bonds is 7. The lowest BCUT2D eigenvalue weighted by Crippen LogP contribution is -2.04. The summed E-state index contributed by atoms with van der Waals surface area (Å²) >= 11 is 0. The molecule has 0 spiro atoms. The molecule has 0 bridgehead atoms. The van der Waals surface area contributed by atoms with E-state index < -0.39 is 11.9 Å². The summed E-state index contributed by atoms with van der Waals surface area (Å²) in [6.45, 7) is 4.46. The molecule has 25 heavy (non-hydrogen) atoms. The van der Waals surface area contributed by atoms with E-state index in [1.807, 2.05) is 13.8 Å². The molecule has 0 aliphatic heterocycles. The monoisotopic (exact) mass is 344 g/mol. The summed E-state index contributed by atoms with van der Waals surface area (Å²) in [5.41, 5.74) is 1.90. The Bertz CT molecular complexity index is 781. The molecule has 2 aromatic rings. The second kappa shape index (κ2) is 8.19. The van der Waals surface area contributed by atoms with Gasteiger partial charge < -0.3 is 19.3 Å². The Morgan fingerprint density at radius 1 is 0.880 bits per heavy atom. The van der Waals surface area contributed by atoms with Crippen LogP contribution in [0.25, 0.3) is 11.1 Å². The number of ether oxygens (including phenoxy) is 3. The molecule has 0 atom stereocenters. The number of aromatic carboxylic acids is 1. The average molecular weight is 344 g/mol. The van der Waals surface area contributed by atoms with Crippen molar-refractivity contribution in [2.24, 2.45) is 0 Å². The summed E-state index contributed by atoms with van der Waals surface area (Å²) in [6.07, 6.45) is 0. The number of benzene rings is 2.